The van der Waals surface area contributed by atoms with Crippen molar-refractivity contribution >= 4 is 11.4 Å². The number of nitrogens with one attached hydrogen (secondary N) is 1. The van der Waals surface area contributed by atoms with Gasteiger partial charge < -0.3 is 24.3 Å². The smallest absolute Gasteiger partial charge is 0.161 e. The Morgan fingerprint density at radius 3 is 2.00 bits per heavy atom. The molecule has 6 nitrogen and oxygen atoms in total. The number of hydrogen-bond donors (Lipinski definition) is 1. The maximum atomic E-state index is 5.63. The molecule has 0 amide bonds. The van der Waals surface area contributed by atoms with Crippen molar-refractivity contribution < 1.29 is 18.9 Å². The second-order valence-electron chi connectivity index (χ2n) is 8.34. The van der Waals surface area contributed by atoms with E-state index < -0.39 is 0 Å². The fourth-order valence-corrected chi connectivity index (χ4v) is 4.74. The molecule has 0 unspecified atom stereocenters. The normalized spacial score (nSPS) is 16.1. The lowest BCUT2D eigenvalue weighted by Crippen LogP contribution is -2.27. The average molecular weight is 451 g/mol. The molecule has 33 heavy (non-hydrogen) atoms. The third-order valence-electron chi connectivity index (χ3n) is 6.46. The number of ether oxygens (including phenoxy) is 4. The van der Waals surface area contributed by atoms with E-state index in [1.54, 1.807) is 28.4 Å². The molecule has 2 aliphatic heterocycles. The molecule has 0 spiro atoms. The van der Waals surface area contributed by atoms with Crippen molar-refractivity contribution in [3.8, 4) is 23.0 Å². The van der Waals surface area contributed by atoms with Gasteiger partial charge in [-0.2, -0.15) is 0 Å². The van der Waals surface area contributed by atoms with Crippen LogP contribution in [0.3, 0.4) is 0 Å². The molecule has 2 aromatic rings. The third kappa shape index (κ3) is 4.39. The standard InChI is InChI=1S/C27H34N2O4/c1-6-7-8-19(26-20-15-24(32-4)22(30-2)13-17(20)9-11-28-26)27-21-16-25(33-5)23(31-3)14-18(21)10-12-29-27/h13-16,28H,6-12H2,1-5H3. The second kappa shape index (κ2) is 10.2. The quantitative estimate of drug-likeness (QED) is 0.625. The number of fused-ring (bicyclic) bond motifs is 2. The number of unbranched alkanes of at least 4 members (excludes halogenated alkanes) is 1. The first-order valence-corrected chi connectivity index (χ1v) is 11.7. The lowest BCUT2D eigenvalue weighted by atomic mass is 9.86. The van der Waals surface area contributed by atoms with E-state index in [1.165, 1.54) is 22.3 Å². The zero-order valence-corrected chi connectivity index (χ0v) is 20.3. The van der Waals surface area contributed by atoms with Gasteiger partial charge in [0, 0.05) is 35.5 Å². The molecule has 2 aliphatic rings. The Morgan fingerprint density at radius 2 is 1.39 bits per heavy atom. The highest BCUT2D eigenvalue weighted by atomic mass is 16.5. The lowest BCUT2D eigenvalue weighted by Gasteiger charge is -2.28. The minimum atomic E-state index is 0.731. The molecular weight excluding hydrogens is 416 g/mol. The van der Waals surface area contributed by atoms with Gasteiger partial charge in [0.2, 0.25) is 0 Å². The first-order valence-electron chi connectivity index (χ1n) is 11.7. The summed E-state index contributed by atoms with van der Waals surface area (Å²) in [4.78, 5) is 5.05. The van der Waals surface area contributed by atoms with Crippen LogP contribution in [0.1, 0.15) is 48.4 Å². The summed E-state index contributed by atoms with van der Waals surface area (Å²) in [5, 5.41) is 3.70. The molecule has 1 N–H and O–H groups in total. The van der Waals surface area contributed by atoms with Crippen molar-refractivity contribution in [3.63, 3.8) is 0 Å². The zero-order valence-electron chi connectivity index (χ0n) is 20.3. The first-order chi connectivity index (χ1) is 16.1. The largest absolute Gasteiger partial charge is 0.493 e. The van der Waals surface area contributed by atoms with Crippen molar-refractivity contribution in [2.24, 2.45) is 4.99 Å². The van der Waals surface area contributed by atoms with Gasteiger partial charge >= 0.3 is 0 Å². The van der Waals surface area contributed by atoms with E-state index in [0.717, 1.165) is 85.2 Å². The van der Waals surface area contributed by atoms with E-state index in [0.29, 0.717) is 0 Å². The Morgan fingerprint density at radius 1 is 0.818 bits per heavy atom. The summed E-state index contributed by atoms with van der Waals surface area (Å²) in [5.74, 6) is 3.00. The number of aliphatic imine (C=N–C) groups is 1. The highest BCUT2D eigenvalue weighted by Gasteiger charge is 2.27. The van der Waals surface area contributed by atoms with Crippen molar-refractivity contribution in [1.29, 1.82) is 0 Å². The van der Waals surface area contributed by atoms with E-state index in [-0.39, 0.29) is 0 Å². The van der Waals surface area contributed by atoms with Crippen LogP contribution in [0.2, 0.25) is 0 Å². The molecule has 2 heterocycles. The summed E-state index contributed by atoms with van der Waals surface area (Å²) in [7, 11) is 6.73. The van der Waals surface area contributed by atoms with Crippen LogP contribution < -0.4 is 24.3 Å². The maximum Gasteiger partial charge on any atom is 0.161 e. The Balaban J connectivity index is 1.91. The summed E-state index contributed by atoms with van der Waals surface area (Å²) >= 11 is 0. The summed E-state index contributed by atoms with van der Waals surface area (Å²) in [5.41, 5.74) is 8.25. The molecule has 0 bridgehead atoms. The molecule has 176 valence electrons. The average Bonchev–Trinajstić information content (AvgIpc) is 2.87. The van der Waals surface area contributed by atoms with Gasteiger partial charge in [0.15, 0.2) is 23.0 Å². The number of benzene rings is 2. The van der Waals surface area contributed by atoms with Crippen LogP contribution in [0.15, 0.2) is 34.8 Å². The van der Waals surface area contributed by atoms with Gasteiger partial charge in [-0.3, -0.25) is 4.99 Å². The summed E-state index contributed by atoms with van der Waals surface area (Å²) in [6.45, 7) is 3.86. The number of allylic oxidation sites excluding steroid dienone is 1. The van der Waals surface area contributed by atoms with Crippen LogP contribution in [-0.4, -0.2) is 47.2 Å². The molecule has 0 radical (unpaired) electrons. The number of methoxy groups -OCH3 is 4. The highest BCUT2D eigenvalue weighted by Crippen LogP contribution is 2.39. The number of hydrogen-bond acceptors (Lipinski definition) is 6. The van der Waals surface area contributed by atoms with Crippen LogP contribution in [0, 0.1) is 0 Å². The Hall–Kier alpha value is -3.15. The van der Waals surface area contributed by atoms with Crippen molar-refractivity contribution in [3.05, 3.63) is 52.1 Å². The molecular formula is C27H34N2O4. The van der Waals surface area contributed by atoms with E-state index >= 15 is 0 Å². The van der Waals surface area contributed by atoms with Crippen LogP contribution in [-0.2, 0) is 12.8 Å². The molecule has 0 fully saturated rings. The fourth-order valence-electron chi connectivity index (χ4n) is 4.74. The van der Waals surface area contributed by atoms with Gasteiger partial charge in [-0.1, -0.05) is 13.3 Å². The molecule has 6 heteroatoms. The van der Waals surface area contributed by atoms with E-state index in [9.17, 15) is 0 Å². The Kier molecular flexibility index (Phi) is 7.11. The van der Waals surface area contributed by atoms with Gasteiger partial charge in [0.05, 0.1) is 34.2 Å². The molecule has 0 aromatic heterocycles. The van der Waals surface area contributed by atoms with Crippen molar-refractivity contribution in [2.75, 3.05) is 41.5 Å². The predicted octanol–water partition coefficient (Wildman–Crippen LogP) is 4.81. The third-order valence-corrected chi connectivity index (χ3v) is 6.46. The molecule has 0 saturated carbocycles. The maximum absolute atomic E-state index is 5.63. The molecule has 0 saturated heterocycles. The number of rotatable bonds is 8. The summed E-state index contributed by atoms with van der Waals surface area (Å²) < 4.78 is 22.4. The predicted molar refractivity (Wildman–Crippen MR) is 132 cm³/mol. The van der Waals surface area contributed by atoms with Crippen LogP contribution >= 0.6 is 0 Å². The Bertz CT molecular complexity index is 1090. The lowest BCUT2D eigenvalue weighted by molar-refractivity contribution is 0.354. The van der Waals surface area contributed by atoms with Gasteiger partial charge in [0.1, 0.15) is 0 Å². The summed E-state index contributed by atoms with van der Waals surface area (Å²) in [6, 6.07) is 8.38. The Labute approximate surface area is 196 Å². The highest BCUT2D eigenvalue weighted by molar-refractivity contribution is 6.18. The van der Waals surface area contributed by atoms with Crippen LogP contribution in [0.5, 0.6) is 23.0 Å². The SMILES string of the molecule is CCCCC(C1=NCCc2cc(OC)c(OC)cc21)=C1NCCc2cc(OC)c(OC)cc21. The second-order valence-corrected chi connectivity index (χ2v) is 8.34. The molecule has 0 atom stereocenters. The van der Waals surface area contributed by atoms with E-state index in [2.05, 4.69) is 36.5 Å². The van der Waals surface area contributed by atoms with Gasteiger partial charge in [-0.05, 0) is 61.1 Å². The van der Waals surface area contributed by atoms with Gasteiger partial charge in [-0.25, -0.2) is 0 Å². The minimum absolute atomic E-state index is 0.731. The minimum Gasteiger partial charge on any atom is -0.493 e. The molecule has 0 aliphatic carbocycles. The molecule has 4 rings (SSSR count). The summed E-state index contributed by atoms with van der Waals surface area (Å²) in [6.07, 6.45) is 4.98. The molecule has 2 aromatic carbocycles. The van der Waals surface area contributed by atoms with Gasteiger partial charge in [0.25, 0.3) is 0 Å². The van der Waals surface area contributed by atoms with Crippen molar-refractivity contribution in [1.82, 2.24) is 5.32 Å². The first kappa shape index (κ1) is 23.0. The van der Waals surface area contributed by atoms with Crippen molar-refractivity contribution in [2.45, 2.75) is 39.0 Å². The monoisotopic (exact) mass is 450 g/mol. The van der Waals surface area contributed by atoms with E-state index in [1.807, 2.05) is 0 Å². The fraction of sp³-hybridized carbons (Fsp3) is 0.444. The van der Waals surface area contributed by atoms with E-state index in [4.69, 9.17) is 23.9 Å². The van der Waals surface area contributed by atoms with Crippen LogP contribution in [0.25, 0.3) is 5.70 Å². The number of nitrogens with zero attached hydrogens (tertiary/aromatic N) is 1. The van der Waals surface area contributed by atoms with Gasteiger partial charge in [-0.15, -0.1) is 0 Å². The zero-order chi connectivity index (χ0) is 23.4. The van der Waals surface area contributed by atoms with Crippen LogP contribution in [0.4, 0.5) is 0 Å². The topological polar surface area (TPSA) is 61.3 Å².